The first-order valence-electron chi connectivity index (χ1n) is 9.90. The third kappa shape index (κ3) is 5.99. The third-order valence-corrected chi connectivity index (χ3v) is 5.74. The number of benzene rings is 3. The largest absolute Gasteiger partial charge is 0.478 e. The minimum absolute atomic E-state index is 0.0733. The van der Waals surface area contributed by atoms with Gasteiger partial charge in [-0.05, 0) is 55.5 Å². The summed E-state index contributed by atoms with van der Waals surface area (Å²) in [6, 6.07) is 15.6. The molecule has 0 heterocycles. The molecule has 10 heteroatoms. The zero-order valence-corrected chi connectivity index (χ0v) is 18.6. The number of thioether (sulfide) groups is 1. The number of amides is 2. The number of halogens is 1. The Morgan fingerprint density at radius 1 is 0.853 bits per heavy atom. The number of anilines is 2. The molecule has 3 aromatic carbocycles. The van der Waals surface area contributed by atoms with Crippen molar-refractivity contribution in [3.05, 3.63) is 89.2 Å². The van der Waals surface area contributed by atoms with Gasteiger partial charge in [0.05, 0.1) is 27.6 Å². The van der Waals surface area contributed by atoms with Crippen molar-refractivity contribution in [1.82, 2.24) is 0 Å². The fourth-order valence-electron chi connectivity index (χ4n) is 2.95. The summed E-state index contributed by atoms with van der Waals surface area (Å²) >= 11 is 1.18. The number of carbonyl (C=O) groups is 4. The quantitative estimate of drug-likeness (QED) is 0.345. The Morgan fingerprint density at radius 2 is 1.59 bits per heavy atom. The Morgan fingerprint density at radius 3 is 2.26 bits per heavy atom. The number of carboxylic acid groups (broad SMARTS) is 2. The van der Waals surface area contributed by atoms with Gasteiger partial charge in [-0.1, -0.05) is 18.2 Å². The molecule has 2 amide bonds. The molecular weight excluding hydrogens is 463 g/mol. The molecule has 3 rings (SSSR count). The number of carboxylic acids is 2. The summed E-state index contributed by atoms with van der Waals surface area (Å²) in [4.78, 5) is 48.3. The zero-order valence-electron chi connectivity index (χ0n) is 17.7. The predicted molar refractivity (Wildman–Crippen MR) is 125 cm³/mol. The minimum atomic E-state index is -1.44. The van der Waals surface area contributed by atoms with Crippen LogP contribution in [0.1, 0.15) is 38.0 Å². The van der Waals surface area contributed by atoms with Crippen LogP contribution in [0.3, 0.4) is 0 Å². The normalized spacial score (nSPS) is 11.4. The SMILES string of the molecule is CC(Sc1cccc(NC(=O)c2ccc(C(=O)O)cc2C(=O)O)c1)C(=O)Nc1ccccc1F. The molecule has 1 atom stereocenters. The maximum Gasteiger partial charge on any atom is 0.336 e. The molecular formula is C24H19FN2O6S. The van der Waals surface area contributed by atoms with E-state index < -0.39 is 40.4 Å². The topological polar surface area (TPSA) is 133 Å². The molecule has 174 valence electrons. The Kier molecular flexibility index (Phi) is 7.64. The molecule has 0 spiro atoms. The van der Waals surface area contributed by atoms with Gasteiger partial charge in [0.15, 0.2) is 0 Å². The van der Waals surface area contributed by atoms with Crippen molar-refractivity contribution in [2.75, 3.05) is 10.6 Å². The van der Waals surface area contributed by atoms with E-state index in [1.807, 2.05) is 0 Å². The lowest BCUT2D eigenvalue weighted by Crippen LogP contribution is -2.23. The number of para-hydroxylation sites is 1. The van der Waals surface area contributed by atoms with Gasteiger partial charge in [0.2, 0.25) is 5.91 Å². The third-order valence-electron chi connectivity index (χ3n) is 4.65. The van der Waals surface area contributed by atoms with Gasteiger partial charge in [0, 0.05) is 10.6 Å². The van der Waals surface area contributed by atoms with E-state index in [0.29, 0.717) is 10.6 Å². The Hall–Kier alpha value is -4.18. The van der Waals surface area contributed by atoms with Gasteiger partial charge >= 0.3 is 11.9 Å². The highest BCUT2D eigenvalue weighted by Crippen LogP contribution is 2.27. The highest BCUT2D eigenvalue weighted by Gasteiger charge is 2.20. The van der Waals surface area contributed by atoms with E-state index in [0.717, 1.165) is 18.2 Å². The lowest BCUT2D eigenvalue weighted by Gasteiger charge is -2.14. The molecule has 1 unspecified atom stereocenters. The minimum Gasteiger partial charge on any atom is -0.478 e. The van der Waals surface area contributed by atoms with E-state index >= 15 is 0 Å². The number of hydrogen-bond acceptors (Lipinski definition) is 5. The molecule has 0 aliphatic carbocycles. The van der Waals surface area contributed by atoms with Crippen molar-refractivity contribution in [1.29, 1.82) is 0 Å². The van der Waals surface area contributed by atoms with Gasteiger partial charge in [-0.15, -0.1) is 11.8 Å². The maximum atomic E-state index is 13.8. The van der Waals surface area contributed by atoms with E-state index in [9.17, 15) is 28.7 Å². The van der Waals surface area contributed by atoms with Crippen LogP contribution in [0.2, 0.25) is 0 Å². The number of carbonyl (C=O) groups excluding carboxylic acids is 2. The van der Waals surface area contributed by atoms with Gasteiger partial charge in [-0.25, -0.2) is 14.0 Å². The fourth-order valence-corrected chi connectivity index (χ4v) is 3.88. The zero-order chi connectivity index (χ0) is 24.8. The highest BCUT2D eigenvalue weighted by molar-refractivity contribution is 8.00. The van der Waals surface area contributed by atoms with Crippen molar-refractivity contribution in [2.45, 2.75) is 17.1 Å². The summed E-state index contributed by atoms with van der Waals surface area (Å²) in [7, 11) is 0. The number of nitrogens with one attached hydrogen (secondary N) is 2. The summed E-state index contributed by atoms with van der Waals surface area (Å²) in [5.74, 6) is -4.44. The summed E-state index contributed by atoms with van der Waals surface area (Å²) in [6.07, 6.45) is 0. The molecule has 0 aromatic heterocycles. The first kappa shape index (κ1) is 24.5. The van der Waals surface area contributed by atoms with Crippen LogP contribution in [0, 0.1) is 5.82 Å². The Bertz CT molecular complexity index is 1280. The predicted octanol–water partition coefficient (Wildman–Crippen LogP) is 4.59. The molecule has 0 saturated carbocycles. The van der Waals surface area contributed by atoms with Crippen LogP contribution < -0.4 is 10.6 Å². The lowest BCUT2D eigenvalue weighted by atomic mass is 10.0. The van der Waals surface area contributed by atoms with Crippen molar-refractivity contribution in [2.24, 2.45) is 0 Å². The van der Waals surface area contributed by atoms with Crippen molar-refractivity contribution in [3.8, 4) is 0 Å². The van der Waals surface area contributed by atoms with E-state index in [1.54, 1.807) is 37.3 Å². The molecule has 0 bridgehead atoms. The van der Waals surface area contributed by atoms with Crippen LogP contribution in [0.15, 0.2) is 71.6 Å². The molecule has 0 saturated heterocycles. The van der Waals surface area contributed by atoms with Gasteiger partial charge in [0.1, 0.15) is 5.82 Å². The lowest BCUT2D eigenvalue weighted by molar-refractivity contribution is -0.115. The van der Waals surface area contributed by atoms with Crippen LogP contribution in [-0.2, 0) is 4.79 Å². The monoisotopic (exact) mass is 482 g/mol. The molecule has 0 aliphatic heterocycles. The molecule has 0 fully saturated rings. The molecule has 0 aliphatic rings. The van der Waals surface area contributed by atoms with E-state index in [2.05, 4.69) is 10.6 Å². The van der Waals surface area contributed by atoms with Gasteiger partial charge in [-0.2, -0.15) is 0 Å². The summed E-state index contributed by atoms with van der Waals surface area (Å²) < 4.78 is 13.8. The number of hydrogen-bond donors (Lipinski definition) is 4. The summed E-state index contributed by atoms with van der Waals surface area (Å²) in [6.45, 7) is 1.65. The second-order valence-corrected chi connectivity index (χ2v) is 8.50. The van der Waals surface area contributed by atoms with Crippen LogP contribution in [0.25, 0.3) is 0 Å². The smallest absolute Gasteiger partial charge is 0.336 e. The Balaban J connectivity index is 1.71. The number of aromatic carboxylic acids is 2. The van der Waals surface area contributed by atoms with Gasteiger partial charge < -0.3 is 20.8 Å². The van der Waals surface area contributed by atoms with E-state index in [4.69, 9.17) is 5.11 Å². The summed E-state index contributed by atoms with van der Waals surface area (Å²) in [5.41, 5.74) is -0.482. The first-order chi connectivity index (χ1) is 16.2. The van der Waals surface area contributed by atoms with E-state index in [1.165, 1.54) is 30.0 Å². The highest BCUT2D eigenvalue weighted by atomic mass is 32.2. The Labute approximate surface area is 197 Å². The second-order valence-electron chi connectivity index (χ2n) is 7.08. The van der Waals surface area contributed by atoms with Crippen molar-refractivity contribution in [3.63, 3.8) is 0 Å². The number of rotatable bonds is 8. The molecule has 34 heavy (non-hydrogen) atoms. The van der Waals surface area contributed by atoms with Crippen molar-refractivity contribution >= 4 is 46.9 Å². The van der Waals surface area contributed by atoms with Gasteiger partial charge in [-0.3, -0.25) is 9.59 Å². The molecule has 4 N–H and O–H groups in total. The van der Waals surface area contributed by atoms with Crippen molar-refractivity contribution < 1.29 is 33.8 Å². The average Bonchev–Trinajstić information content (AvgIpc) is 2.80. The maximum absolute atomic E-state index is 13.8. The fraction of sp³-hybridized carbons (Fsp3) is 0.0833. The van der Waals surface area contributed by atoms with Crippen LogP contribution in [0.4, 0.5) is 15.8 Å². The molecule has 3 aromatic rings. The average molecular weight is 482 g/mol. The summed E-state index contributed by atoms with van der Waals surface area (Å²) in [5, 5.41) is 22.9. The van der Waals surface area contributed by atoms with Gasteiger partial charge in [0.25, 0.3) is 5.91 Å². The standard InChI is InChI=1S/C24H19FN2O6S/c1-13(21(28)27-20-8-3-2-7-19(20)25)34-16-6-4-5-15(12-16)26-22(29)17-10-9-14(23(30)31)11-18(17)24(32)33/h2-13H,1H3,(H,26,29)(H,27,28)(H,30,31)(H,32,33). The van der Waals surface area contributed by atoms with Crippen LogP contribution in [-0.4, -0.2) is 39.2 Å². The van der Waals surface area contributed by atoms with Crippen LogP contribution >= 0.6 is 11.8 Å². The molecule has 8 nitrogen and oxygen atoms in total. The second kappa shape index (κ2) is 10.6. The first-order valence-corrected chi connectivity index (χ1v) is 10.8. The van der Waals surface area contributed by atoms with Crippen LogP contribution in [0.5, 0.6) is 0 Å². The molecule has 0 radical (unpaired) electrons. The van der Waals surface area contributed by atoms with E-state index in [-0.39, 0.29) is 16.8 Å².